The van der Waals surface area contributed by atoms with Gasteiger partial charge in [0.05, 0.1) is 6.10 Å². The summed E-state index contributed by atoms with van der Waals surface area (Å²) in [6.45, 7) is 4.95. The van der Waals surface area contributed by atoms with E-state index in [1.54, 1.807) is 0 Å². The van der Waals surface area contributed by atoms with Crippen LogP contribution in [0.5, 0.6) is 5.75 Å². The smallest absolute Gasteiger partial charge is 0.119 e. The molecule has 2 nitrogen and oxygen atoms in total. The summed E-state index contributed by atoms with van der Waals surface area (Å²) in [6, 6.07) is 17.1. The highest BCUT2D eigenvalue weighted by Crippen LogP contribution is 2.40. The molecule has 3 rings (SSSR count). The van der Waals surface area contributed by atoms with Crippen LogP contribution in [-0.2, 0) is 6.54 Å². The van der Waals surface area contributed by atoms with Crippen molar-refractivity contribution < 1.29 is 4.74 Å². The molecule has 1 N–H and O–H groups in total. The number of hydrogen-bond donors (Lipinski definition) is 1. The molecule has 2 aromatic rings. The van der Waals surface area contributed by atoms with Gasteiger partial charge in [0.2, 0.25) is 0 Å². The van der Waals surface area contributed by atoms with Crippen LogP contribution in [0.1, 0.15) is 43.7 Å². The molecular formula is C19H23NO. The molecule has 0 saturated heterocycles. The highest BCUT2D eigenvalue weighted by Gasteiger charge is 2.23. The van der Waals surface area contributed by atoms with Crippen molar-refractivity contribution in [1.29, 1.82) is 0 Å². The van der Waals surface area contributed by atoms with Crippen molar-refractivity contribution in [3.8, 4) is 5.75 Å². The molecule has 0 atom stereocenters. The Morgan fingerprint density at radius 2 is 1.86 bits per heavy atom. The van der Waals surface area contributed by atoms with Crippen molar-refractivity contribution in [3.05, 3.63) is 59.7 Å². The molecule has 110 valence electrons. The lowest BCUT2D eigenvalue weighted by Crippen LogP contribution is -2.05. The van der Waals surface area contributed by atoms with E-state index in [4.69, 9.17) is 4.74 Å². The van der Waals surface area contributed by atoms with Crippen LogP contribution >= 0.6 is 0 Å². The van der Waals surface area contributed by atoms with Gasteiger partial charge < -0.3 is 10.1 Å². The summed E-state index contributed by atoms with van der Waals surface area (Å²) in [6.07, 6.45) is 2.93. The molecule has 0 amide bonds. The lowest BCUT2D eigenvalue weighted by molar-refractivity contribution is 0.242. The molecular weight excluding hydrogens is 258 g/mol. The first kappa shape index (κ1) is 14.0. The van der Waals surface area contributed by atoms with E-state index >= 15 is 0 Å². The van der Waals surface area contributed by atoms with Gasteiger partial charge in [-0.1, -0.05) is 24.3 Å². The molecule has 2 heteroatoms. The second-order valence-corrected chi connectivity index (χ2v) is 6.06. The summed E-state index contributed by atoms with van der Waals surface area (Å²) in [4.78, 5) is 0. The Hall–Kier alpha value is -1.96. The Balaban J connectivity index is 1.58. The van der Waals surface area contributed by atoms with Crippen LogP contribution in [0.2, 0.25) is 0 Å². The second kappa shape index (κ2) is 6.21. The lowest BCUT2D eigenvalue weighted by Gasteiger charge is -2.11. The molecule has 0 aliphatic heterocycles. The molecule has 0 radical (unpaired) electrons. The first-order valence-electron chi connectivity index (χ1n) is 7.80. The van der Waals surface area contributed by atoms with Crippen molar-refractivity contribution >= 4 is 5.69 Å². The number of ether oxygens (including phenoxy) is 1. The zero-order valence-electron chi connectivity index (χ0n) is 12.8. The van der Waals surface area contributed by atoms with Crippen LogP contribution in [-0.4, -0.2) is 6.10 Å². The number of hydrogen-bond acceptors (Lipinski definition) is 2. The molecule has 1 aliphatic rings. The predicted molar refractivity (Wildman–Crippen MR) is 87.9 cm³/mol. The average molecular weight is 281 g/mol. The molecule has 1 aliphatic carbocycles. The maximum atomic E-state index is 5.65. The van der Waals surface area contributed by atoms with Gasteiger partial charge >= 0.3 is 0 Å². The molecule has 1 saturated carbocycles. The van der Waals surface area contributed by atoms with Gasteiger partial charge in [-0.15, -0.1) is 0 Å². The summed E-state index contributed by atoms with van der Waals surface area (Å²) < 4.78 is 5.65. The first-order valence-corrected chi connectivity index (χ1v) is 7.80. The number of benzene rings is 2. The van der Waals surface area contributed by atoms with Gasteiger partial charge in [-0.2, -0.15) is 0 Å². The molecule has 2 aromatic carbocycles. The maximum Gasteiger partial charge on any atom is 0.119 e. The third kappa shape index (κ3) is 4.01. The Morgan fingerprint density at radius 1 is 1.10 bits per heavy atom. The van der Waals surface area contributed by atoms with Crippen LogP contribution in [0.25, 0.3) is 0 Å². The van der Waals surface area contributed by atoms with E-state index in [9.17, 15) is 0 Å². The van der Waals surface area contributed by atoms with Crippen molar-refractivity contribution in [3.63, 3.8) is 0 Å². The third-order valence-electron chi connectivity index (χ3n) is 3.72. The van der Waals surface area contributed by atoms with E-state index in [-0.39, 0.29) is 6.10 Å². The second-order valence-electron chi connectivity index (χ2n) is 6.06. The minimum Gasteiger partial charge on any atom is -0.491 e. The highest BCUT2D eigenvalue weighted by molar-refractivity contribution is 5.47. The fourth-order valence-electron chi connectivity index (χ4n) is 2.50. The molecule has 0 heterocycles. The van der Waals surface area contributed by atoms with Crippen molar-refractivity contribution in [1.82, 2.24) is 0 Å². The summed E-state index contributed by atoms with van der Waals surface area (Å²) >= 11 is 0. The van der Waals surface area contributed by atoms with E-state index in [0.717, 1.165) is 23.9 Å². The summed E-state index contributed by atoms with van der Waals surface area (Å²) in [5, 5.41) is 3.47. The van der Waals surface area contributed by atoms with Gasteiger partial charge in [-0.05, 0) is 68.0 Å². The van der Waals surface area contributed by atoms with Crippen LogP contribution < -0.4 is 10.1 Å². The summed E-state index contributed by atoms with van der Waals surface area (Å²) in [7, 11) is 0. The van der Waals surface area contributed by atoms with Gasteiger partial charge in [-0.3, -0.25) is 0 Å². The third-order valence-corrected chi connectivity index (χ3v) is 3.72. The highest BCUT2D eigenvalue weighted by atomic mass is 16.5. The summed E-state index contributed by atoms with van der Waals surface area (Å²) in [5.74, 6) is 1.74. The fraction of sp³-hybridized carbons (Fsp3) is 0.368. The largest absolute Gasteiger partial charge is 0.491 e. The van der Waals surface area contributed by atoms with Crippen LogP contribution in [0.4, 0.5) is 5.69 Å². The van der Waals surface area contributed by atoms with Gasteiger partial charge in [0.15, 0.2) is 0 Å². The predicted octanol–water partition coefficient (Wildman–Crippen LogP) is 4.96. The zero-order valence-corrected chi connectivity index (χ0v) is 12.8. The number of nitrogens with one attached hydrogen (secondary N) is 1. The topological polar surface area (TPSA) is 21.3 Å². The minimum atomic E-state index is 0.217. The maximum absolute atomic E-state index is 5.65. The quantitative estimate of drug-likeness (QED) is 0.807. The van der Waals surface area contributed by atoms with E-state index in [2.05, 4.69) is 41.7 Å². The van der Waals surface area contributed by atoms with E-state index in [1.165, 1.54) is 24.0 Å². The normalized spacial score (nSPS) is 14.2. The standard InChI is InChI=1S/C19H23NO/c1-14(2)21-19-10-8-18(9-11-19)20-13-15-4-3-5-17(12-15)16-6-7-16/h3-5,8-12,14,16,20H,6-7,13H2,1-2H3. The van der Waals surface area contributed by atoms with Crippen LogP contribution in [0.15, 0.2) is 48.5 Å². The lowest BCUT2D eigenvalue weighted by atomic mass is 10.1. The first-order chi connectivity index (χ1) is 10.2. The van der Waals surface area contributed by atoms with Gasteiger partial charge in [0.25, 0.3) is 0 Å². The zero-order chi connectivity index (χ0) is 14.7. The van der Waals surface area contributed by atoms with Gasteiger partial charge in [0.1, 0.15) is 5.75 Å². The molecule has 0 aromatic heterocycles. The molecule has 21 heavy (non-hydrogen) atoms. The molecule has 0 unspecified atom stereocenters. The van der Waals surface area contributed by atoms with E-state index in [0.29, 0.717) is 0 Å². The minimum absolute atomic E-state index is 0.217. The van der Waals surface area contributed by atoms with Crippen molar-refractivity contribution in [2.75, 3.05) is 5.32 Å². The van der Waals surface area contributed by atoms with Crippen molar-refractivity contribution in [2.24, 2.45) is 0 Å². The molecule has 0 bridgehead atoms. The average Bonchev–Trinajstić information content (AvgIpc) is 3.31. The number of rotatable bonds is 6. The van der Waals surface area contributed by atoms with Gasteiger partial charge in [-0.25, -0.2) is 0 Å². The van der Waals surface area contributed by atoms with Crippen LogP contribution in [0, 0.1) is 0 Å². The van der Waals surface area contributed by atoms with E-state index in [1.807, 2.05) is 26.0 Å². The Kier molecular flexibility index (Phi) is 4.14. The fourth-order valence-corrected chi connectivity index (χ4v) is 2.50. The van der Waals surface area contributed by atoms with Crippen LogP contribution in [0.3, 0.4) is 0 Å². The molecule has 0 spiro atoms. The Morgan fingerprint density at radius 3 is 2.52 bits per heavy atom. The summed E-state index contributed by atoms with van der Waals surface area (Å²) in [5.41, 5.74) is 3.97. The monoisotopic (exact) mass is 281 g/mol. The Labute approximate surface area is 127 Å². The van der Waals surface area contributed by atoms with E-state index < -0.39 is 0 Å². The number of anilines is 1. The Bertz CT molecular complexity index is 585. The SMILES string of the molecule is CC(C)Oc1ccc(NCc2cccc(C3CC3)c2)cc1. The van der Waals surface area contributed by atoms with Crippen molar-refractivity contribution in [2.45, 2.75) is 45.3 Å². The van der Waals surface area contributed by atoms with Gasteiger partial charge in [0, 0.05) is 12.2 Å². The molecule has 1 fully saturated rings.